The first-order valence-electron chi connectivity index (χ1n) is 10.9. The molecule has 3 amide bonds. The number of nitrogens with one attached hydrogen (secondary N) is 2. The number of rotatable bonds is 4. The Morgan fingerprint density at radius 2 is 1.88 bits per heavy atom. The third-order valence-corrected chi connectivity index (χ3v) is 5.45. The van der Waals surface area contributed by atoms with Crippen molar-refractivity contribution < 1.29 is 23.5 Å². The normalized spacial score (nSPS) is 15.5. The van der Waals surface area contributed by atoms with Crippen LogP contribution in [0.4, 0.5) is 4.39 Å². The molecule has 0 fully saturated rings. The maximum atomic E-state index is 13.0. The van der Waals surface area contributed by atoms with E-state index in [-0.39, 0.29) is 49.7 Å². The van der Waals surface area contributed by atoms with Crippen LogP contribution in [0.1, 0.15) is 35.2 Å². The highest BCUT2D eigenvalue weighted by molar-refractivity contribution is 6.31. The highest BCUT2D eigenvalue weighted by Gasteiger charge is 2.18. The van der Waals surface area contributed by atoms with Gasteiger partial charge in [0.1, 0.15) is 18.2 Å². The fourth-order valence-electron chi connectivity index (χ4n) is 3.50. The van der Waals surface area contributed by atoms with Gasteiger partial charge in [0.2, 0.25) is 11.8 Å². The van der Waals surface area contributed by atoms with Crippen LogP contribution in [0.25, 0.3) is 0 Å². The van der Waals surface area contributed by atoms with Gasteiger partial charge in [-0.2, -0.15) is 0 Å². The predicted molar refractivity (Wildman–Crippen MR) is 123 cm³/mol. The maximum Gasteiger partial charge on any atom is 0.255 e. The number of carbonyl (C=O) groups excluding carboxylic acids is 3. The van der Waals surface area contributed by atoms with E-state index in [1.54, 1.807) is 24.3 Å². The molecule has 1 aliphatic rings. The number of amides is 3. The largest absolute Gasteiger partial charge is 0.491 e. The quantitative estimate of drug-likeness (QED) is 0.711. The van der Waals surface area contributed by atoms with Gasteiger partial charge in [-0.1, -0.05) is 23.7 Å². The molecule has 0 atom stereocenters. The van der Waals surface area contributed by atoms with Gasteiger partial charge in [0.05, 0.1) is 18.7 Å². The van der Waals surface area contributed by atoms with Crippen molar-refractivity contribution in [3.8, 4) is 5.75 Å². The lowest BCUT2D eigenvalue weighted by Crippen LogP contribution is -2.43. The van der Waals surface area contributed by atoms with Gasteiger partial charge in [-0.15, -0.1) is 0 Å². The molecule has 2 aromatic carbocycles. The van der Waals surface area contributed by atoms with E-state index in [4.69, 9.17) is 16.3 Å². The standard InChI is InChI=1S/C24H27ClFN3O4/c25-18-7-10-21-20(15-18)24(32)28-11-2-13-29(16-22(30)27-12-14-33-21)23(31)4-1-3-17-5-8-19(26)9-6-17/h5-10,15H,1-4,11-14,16H2,(H,27,30)(H,28,32). The number of fused-ring (bicyclic) bond motifs is 1. The number of nitrogens with zero attached hydrogens (tertiary/aromatic N) is 1. The first-order valence-corrected chi connectivity index (χ1v) is 11.3. The highest BCUT2D eigenvalue weighted by atomic mass is 35.5. The van der Waals surface area contributed by atoms with Crippen molar-refractivity contribution in [2.24, 2.45) is 0 Å². The molecule has 0 spiro atoms. The summed E-state index contributed by atoms with van der Waals surface area (Å²) in [5, 5.41) is 5.97. The molecule has 1 heterocycles. The number of carbonyl (C=O) groups is 3. The van der Waals surface area contributed by atoms with E-state index < -0.39 is 0 Å². The summed E-state index contributed by atoms with van der Waals surface area (Å²) in [6.07, 6.45) is 1.98. The molecule has 3 rings (SSSR count). The number of aryl methyl sites for hydroxylation is 1. The fraction of sp³-hybridized carbons (Fsp3) is 0.375. The van der Waals surface area contributed by atoms with Crippen LogP contribution in [0, 0.1) is 5.82 Å². The van der Waals surface area contributed by atoms with Crippen LogP contribution < -0.4 is 15.4 Å². The zero-order chi connectivity index (χ0) is 23.6. The molecule has 33 heavy (non-hydrogen) atoms. The molecular weight excluding hydrogens is 449 g/mol. The van der Waals surface area contributed by atoms with Crippen molar-refractivity contribution >= 4 is 29.3 Å². The van der Waals surface area contributed by atoms with Crippen LogP contribution in [0.3, 0.4) is 0 Å². The molecule has 176 valence electrons. The molecule has 9 heteroatoms. The lowest BCUT2D eigenvalue weighted by Gasteiger charge is -2.23. The van der Waals surface area contributed by atoms with Gasteiger partial charge in [-0.3, -0.25) is 14.4 Å². The summed E-state index contributed by atoms with van der Waals surface area (Å²) >= 11 is 6.02. The van der Waals surface area contributed by atoms with Gasteiger partial charge in [-0.25, -0.2) is 4.39 Å². The maximum absolute atomic E-state index is 13.0. The molecule has 1 aliphatic heterocycles. The van der Waals surface area contributed by atoms with E-state index in [1.165, 1.54) is 23.1 Å². The van der Waals surface area contributed by atoms with Gasteiger partial charge in [-0.05, 0) is 55.2 Å². The molecule has 7 nitrogen and oxygen atoms in total. The predicted octanol–water partition coefficient (Wildman–Crippen LogP) is 2.96. The molecule has 0 bridgehead atoms. The van der Waals surface area contributed by atoms with Gasteiger partial charge in [0.25, 0.3) is 5.91 Å². The summed E-state index contributed by atoms with van der Waals surface area (Å²) in [6.45, 7) is 0.998. The number of ether oxygens (including phenoxy) is 1. The molecule has 0 aromatic heterocycles. The van der Waals surface area contributed by atoms with Crippen molar-refractivity contribution in [3.63, 3.8) is 0 Å². The minimum absolute atomic E-state index is 0.0600. The smallest absolute Gasteiger partial charge is 0.255 e. The van der Waals surface area contributed by atoms with E-state index in [0.717, 1.165) is 5.56 Å². The number of benzene rings is 2. The molecule has 0 aliphatic carbocycles. The third-order valence-electron chi connectivity index (χ3n) is 5.21. The number of hydrogen-bond acceptors (Lipinski definition) is 4. The van der Waals surface area contributed by atoms with Crippen LogP contribution in [0.15, 0.2) is 42.5 Å². The lowest BCUT2D eigenvalue weighted by molar-refractivity contribution is -0.136. The summed E-state index contributed by atoms with van der Waals surface area (Å²) in [5.41, 5.74) is 1.27. The van der Waals surface area contributed by atoms with E-state index in [0.29, 0.717) is 48.7 Å². The molecule has 2 aromatic rings. The minimum atomic E-state index is -0.314. The van der Waals surface area contributed by atoms with Gasteiger partial charge >= 0.3 is 0 Å². The van der Waals surface area contributed by atoms with Crippen molar-refractivity contribution in [3.05, 3.63) is 64.4 Å². The van der Waals surface area contributed by atoms with Gasteiger partial charge in [0, 0.05) is 24.5 Å². The Morgan fingerprint density at radius 3 is 2.67 bits per heavy atom. The monoisotopic (exact) mass is 475 g/mol. The molecule has 0 unspecified atom stereocenters. The van der Waals surface area contributed by atoms with Crippen molar-refractivity contribution in [1.82, 2.24) is 15.5 Å². The Bertz CT molecular complexity index is 984. The zero-order valence-corrected chi connectivity index (χ0v) is 19.0. The second-order valence-electron chi connectivity index (χ2n) is 7.74. The van der Waals surface area contributed by atoms with Crippen LogP contribution in [-0.2, 0) is 16.0 Å². The average molecular weight is 476 g/mol. The zero-order valence-electron chi connectivity index (χ0n) is 18.2. The molecule has 0 saturated carbocycles. The van der Waals surface area contributed by atoms with E-state index in [9.17, 15) is 18.8 Å². The number of hydrogen-bond donors (Lipinski definition) is 2. The van der Waals surface area contributed by atoms with Gasteiger partial charge < -0.3 is 20.3 Å². The van der Waals surface area contributed by atoms with Crippen LogP contribution >= 0.6 is 11.6 Å². The van der Waals surface area contributed by atoms with Crippen molar-refractivity contribution in [2.75, 3.05) is 32.8 Å². The van der Waals surface area contributed by atoms with E-state index in [2.05, 4.69) is 10.6 Å². The van der Waals surface area contributed by atoms with Crippen molar-refractivity contribution in [1.29, 1.82) is 0 Å². The summed E-state index contributed by atoms with van der Waals surface area (Å²) in [5.74, 6) is -0.635. The molecule has 0 radical (unpaired) electrons. The minimum Gasteiger partial charge on any atom is -0.491 e. The van der Waals surface area contributed by atoms with Crippen LogP contribution in [0.5, 0.6) is 5.75 Å². The molecular formula is C24H27ClFN3O4. The summed E-state index contributed by atoms with van der Waals surface area (Å²) < 4.78 is 18.7. The van der Waals surface area contributed by atoms with E-state index in [1.807, 2.05) is 0 Å². The topological polar surface area (TPSA) is 87.7 Å². The summed E-state index contributed by atoms with van der Waals surface area (Å²) in [7, 11) is 0. The Labute approximate surface area is 197 Å². The average Bonchev–Trinajstić information content (AvgIpc) is 2.80. The molecule has 0 saturated heterocycles. The third kappa shape index (κ3) is 7.75. The van der Waals surface area contributed by atoms with Crippen LogP contribution in [-0.4, -0.2) is 55.4 Å². The number of halogens is 2. The Hall–Kier alpha value is -3.13. The first-order chi connectivity index (χ1) is 15.9. The van der Waals surface area contributed by atoms with E-state index >= 15 is 0 Å². The second-order valence-corrected chi connectivity index (χ2v) is 8.18. The Kier molecular flexibility index (Phi) is 9.06. The Balaban J connectivity index is 1.58. The Morgan fingerprint density at radius 1 is 1.09 bits per heavy atom. The fourth-order valence-corrected chi connectivity index (χ4v) is 3.67. The summed E-state index contributed by atoms with van der Waals surface area (Å²) in [4.78, 5) is 39.2. The van der Waals surface area contributed by atoms with Crippen molar-refractivity contribution in [2.45, 2.75) is 25.7 Å². The highest BCUT2D eigenvalue weighted by Crippen LogP contribution is 2.23. The summed E-state index contributed by atoms with van der Waals surface area (Å²) in [6, 6.07) is 11.0. The molecule has 2 N–H and O–H groups in total. The lowest BCUT2D eigenvalue weighted by atomic mass is 10.1. The van der Waals surface area contributed by atoms with Gasteiger partial charge in [0.15, 0.2) is 0 Å². The second kappa shape index (κ2) is 12.2. The van der Waals surface area contributed by atoms with Crippen LogP contribution in [0.2, 0.25) is 5.02 Å². The first kappa shape index (κ1) is 24.5. The SMILES string of the molecule is O=C1CN(C(=O)CCCc2ccc(F)cc2)CCCNC(=O)c2cc(Cl)ccc2OCCN1.